The summed E-state index contributed by atoms with van der Waals surface area (Å²) in [5, 5.41) is 2.13. The molecule has 4 rings (SSSR count). The largest absolute Gasteiger partial charge is 0.331 e. The molecule has 1 aliphatic rings. The molecule has 5 nitrogen and oxygen atoms in total. The summed E-state index contributed by atoms with van der Waals surface area (Å²) >= 11 is 1.80. The fourth-order valence-electron chi connectivity index (χ4n) is 3.31. The van der Waals surface area contributed by atoms with Gasteiger partial charge in [0.05, 0.1) is 11.6 Å². The zero-order valence-electron chi connectivity index (χ0n) is 13.4. The zero-order valence-corrected chi connectivity index (χ0v) is 14.2. The van der Waals surface area contributed by atoms with E-state index in [1.54, 1.807) is 30.1 Å². The van der Waals surface area contributed by atoms with Gasteiger partial charge in [-0.2, -0.15) is 0 Å². The molecule has 24 heavy (non-hydrogen) atoms. The van der Waals surface area contributed by atoms with Gasteiger partial charge in [-0.25, -0.2) is 9.97 Å². The van der Waals surface area contributed by atoms with Gasteiger partial charge < -0.3 is 4.90 Å². The first-order chi connectivity index (χ1) is 11.8. The monoisotopic (exact) mass is 338 g/mol. The number of hydrogen-bond acceptors (Lipinski definition) is 4. The number of amides is 1. The van der Waals surface area contributed by atoms with Gasteiger partial charge in [0, 0.05) is 30.0 Å². The standard InChI is InChI=1S/C18H18N4OS/c1-2-15-14-6-10-24-16(14)5-8-22(15)18(23)13-3-4-17(20-11-13)21-9-7-19-12-21/h3-4,6-7,9-12,15H,2,5,8H2,1H3/t15-/m0/s1. The third kappa shape index (κ3) is 2.53. The molecule has 122 valence electrons. The van der Waals surface area contributed by atoms with Crippen molar-refractivity contribution in [3.63, 3.8) is 0 Å². The first kappa shape index (κ1) is 15.1. The minimum absolute atomic E-state index is 0.0587. The van der Waals surface area contributed by atoms with Crippen LogP contribution in [0.25, 0.3) is 5.82 Å². The van der Waals surface area contributed by atoms with Crippen molar-refractivity contribution in [2.45, 2.75) is 25.8 Å². The molecule has 1 amide bonds. The predicted molar refractivity (Wildman–Crippen MR) is 93.5 cm³/mol. The summed E-state index contributed by atoms with van der Waals surface area (Å²) in [6.07, 6.45) is 8.76. The van der Waals surface area contributed by atoms with Gasteiger partial charge in [-0.05, 0) is 42.0 Å². The normalized spacial score (nSPS) is 16.9. The number of carbonyl (C=O) groups is 1. The highest BCUT2D eigenvalue weighted by molar-refractivity contribution is 7.10. The SMILES string of the molecule is CC[C@H]1c2ccsc2CCN1C(=O)c1ccc(-n2ccnc2)nc1. The van der Waals surface area contributed by atoms with E-state index in [-0.39, 0.29) is 11.9 Å². The summed E-state index contributed by atoms with van der Waals surface area (Å²) in [5.74, 6) is 0.818. The first-order valence-corrected chi connectivity index (χ1v) is 8.97. The summed E-state index contributed by atoms with van der Waals surface area (Å²) in [7, 11) is 0. The van der Waals surface area contributed by atoms with Gasteiger partial charge >= 0.3 is 0 Å². The van der Waals surface area contributed by atoms with Crippen LogP contribution in [0.2, 0.25) is 0 Å². The summed E-state index contributed by atoms with van der Waals surface area (Å²) in [6, 6.07) is 6.03. The predicted octanol–water partition coefficient (Wildman–Crippen LogP) is 3.48. The van der Waals surface area contributed by atoms with Crippen LogP contribution >= 0.6 is 11.3 Å². The number of carbonyl (C=O) groups excluding carboxylic acids is 1. The molecule has 0 N–H and O–H groups in total. The zero-order chi connectivity index (χ0) is 16.5. The number of hydrogen-bond donors (Lipinski definition) is 0. The Balaban J connectivity index is 1.59. The molecule has 1 atom stereocenters. The number of thiophene rings is 1. The second-order valence-electron chi connectivity index (χ2n) is 5.85. The van der Waals surface area contributed by atoms with Crippen LogP contribution in [0.15, 0.2) is 48.5 Å². The maximum atomic E-state index is 13.0. The number of rotatable bonds is 3. The number of fused-ring (bicyclic) bond motifs is 1. The molecular weight excluding hydrogens is 320 g/mol. The van der Waals surface area contributed by atoms with Gasteiger partial charge in [0.15, 0.2) is 0 Å². The molecule has 3 aromatic rings. The third-order valence-electron chi connectivity index (χ3n) is 4.51. The molecule has 0 aliphatic carbocycles. The van der Waals surface area contributed by atoms with Crippen molar-refractivity contribution in [3.8, 4) is 5.82 Å². The highest BCUT2D eigenvalue weighted by Gasteiger charge is 2.30. The van der Waals surface area contributed by atoms with E-state index in [2.05, 4.69) is 28.3 Å². The van der Waals surface area contributed by atoms with E-state index in [4.69, 9.17) is 0 Å². The van der Waals surface area contributed by atoms with Crippen molar-refractivity contribution in [3.05, 3.63) is 64.5 Å². The highest BCUT2D eigenvalue weighted by Crippen LogP contribution is 2.35. The average molecular weight is 338 g/mol. The van der Waals surface area contributed by atoms with Crippen LogP contribution in [0.5, 0.6) is 0 Å². The van der Waals surface area contributed by atoms with Gasteiger partial charge in [-0.3, -0.25) is 9.36 Å². The van der Waals surface area contributed by atoms with Crippen LogP contribution < -0.4 is 0 Å². The summed E-state index contributed by atoms with van der Waals surface area (Å²) in [6.45, 7) is 2.91. The van der Waals surface area contributed by atoms with Crippen molar-refractivity contribution in [2.75, 3.05) is 6.54 Å². The van der Waals surface area contributed by atoms with Crippen LogP contribution in [-0.2, 0) is 6.42 Å². The fourth-order valence-corrected chi connectivity index (χ4v) is 4.23. The quantitative estimate of drug-likeness (QED) is 0.735. The molecule has 0 saturated heterocycles. The van der Waals surface area contributed by atoms with Gasteiger partial charge in [-0.1, -0.05) is 6.92 Å². The first-order valence-electron chi connectivity index (χ1n) is 8.09. The molecule has 0 unspecified atom stereocenters. The molecule has 0 aromatic carbocycles. The van der Waals surface area contributed by atoms with Crippen molar-refractivity contribution < 1.29 is 4.79 Å². The van der Waals surface area contributed by atoms with E-state index in [0.29, 0.717) is 5.56 Å². The Bertz CT molecular complexity index is 838. The van der Waals surface area contributed by atoms with Crippen molar-refractivity contribution in [1.29, 1.82) is 0 Å². The Labute approximate surface area is 144 Å². The summed E-state index contributed by atoms with van der Waals surface area (Å²) in [4.78, 5) is 24.8. The molecule has 0 spiro atoms. The van der Waals surface area contributed by atoms with Gasteiger partial charge in [-0.15, -0.1) is 11.3 Å². The van der Waals surface area contributed by atoms with E-state index >= 15 is 0 Å². The maximum Gasteiger partial charge on any atom is 0.255 e. The molecule has 1 aliphatic heterocycles. The molecule has 0 fully saturated rings. The molecule has 6 heteroatoms. The molecule has 0 bridgehead atoms. The molecule has 0 saturated carbocycles. The highest BCUT2D eigenvalue weighted by atomic mass is 32.1. The van der Waals surface area contributed by atoms with E-state index in [9.17, 15) is 4.79 Å². The Kier molecular flexibility index (Phi) is 3.90. The van der Waals surface area contributed by atoms with Gasteiger partial charge in [0.1, 0.15) is 12.1 Å². The van der Waals surface area contributed by atoms with E-state index in [0.717, 1.165) is 25.2 Å². The van der Waals surface area contributed by atoms with Crippen LogP contribution in [0.4, 0.5) is 0 Å². The van der Waals surface area contributed by atoms with E-state index < -0.39 is 0 Å². The number of nitrogens with zero attached hydrogens (tertiary/aromatic N) is 4. The van der Waals surface area contributed by atoms with Gasteiger partial charge in [0.2, 0.25) is 0 Å². The average Bonchev–Trinajstić information content (AvgIpc) is 3.31. The van der Waals surface area contributed by atoms with Crippen LogP contribution in [-0.4, -0.2) is 31.9 Å². The van der Waals surface area contributed by atoms with Crippen molar-refractivity contribution in [1.82, 2.24) is 19.4 Å². The number of pyridine rings is 1. The Morgan fingerprint density at radius 3 is 3.00 bits per heavy atom. The minimum Gasteiger partial charge on any atom is -0.331 e. The minimum atomic E-state index is 0.0587. The van der Waals surface area contributed by atoms with Crippen molar-refractivity contribution in [2.24, 2.45) is 0 Å². The van der Waals surface area contributed by atoms with Crippen molar-refractivity contribution >= 4 is 17.2 Å². The topological polar surface area (TPSA) is 51.0 Å². The smallest absolute Gasteiger partial charge is 0.255 e. The maximum absolute atomic E-state index is 13.0. The Hall–Kier alpha value is -2.47. The molecule has 4 heterocycles. The second kappa shape index (κ2) is 6.20. The third-order valence-corrected chi connectivity index (χ3v) is 5.50. The summed E-state index contributed by atoms with van der Waals surface area (Å²) < 4.78 is 1.82. The summed E-state index contributed by atoms with van der Waals surface area (Å²) in [5.41, 5.74) is 1.95. The van der Waals surface area contributed by atoms with Crippen LogP contribution in [0, 0.1) is 0 Å². The lowest BCUT2D eigenvalue weighted by Gasteiger charge is -2.35. The lowest BCUT2D eigenvalue weighted by molar-refractivity contribution is 0.0657. The van der Waals surface area contributed by atoms with Gasteiger partial charge in [0.25, 0.3) is 5.91 Å². The molecular formula is C18H18N4OS. The fraction of sp³-hybridized carbons (Fsp3) is 0.278. The number of aromatic nitrogens is 3. The van der Waals surface area contributed by atoms with Crippen LogP contribution in [0.3, 0.4) is 0 Å². The second-order valence-corrected chi connectivity index (χ2v) is 6.85. The van der Waals surface area contributed by atoms with E-state index in [1.165, 1.54) is 10.4 Å². The van der Waals surface area contributed by atoms with E-state index in [1.807, 2.05) is 27.8 Å². The number of imidazole rings is 1. The van der Waals surface area contributed by atoms with Crippen LogP contribution in [0.1, 0.15) is 40.2 Å². The molecule has 3 aromatic heterocycles. The Morgan fingerprint density at radius 2 is 2.29 bits per heavy atom. The molecule has 0 radical (unpaired) electrons. The lowest BCUT2D eigenvalue weighted by atomic mass is 9.97. The Morgan fingerprint density at radius 1 is 1.38 bits per heavy atom. The lowest BCUT2D eigenvalue weighted by Crippen LogP contribution is -2.39.